The van der Waals surface area contributed by atoms with Gasteiger partial charge >= 0.3 is 0 Å². The number of nitrogens with two attached hydrogens (primary N) is 3. The van der Waals surface area contributed by atoms with E-state index in [0.717, 1.165) is 0 Å². The van der Waals surface area contributed by atoms with Gasteiger partial charge in [0.15, 0.2) is 5.96 Å². The molecule has 0 spiro atoms. The normalized spacial score (nSPS) is 11.2. The van der Waals surface area contributed by atoms with Crippen molar-refractivity contribution >= 4 is 45.1 Å². The summed E-state index contributed by atoms with van der Waals surface area (Å²) in [7, 11) is 0. The Morgan fingerprint density at radius 2 is 1.93 bits per heavy atom. The number of halogens is 2. The Balaban J connectivity index is 3.03. The quantitative estimate of drug-likeness (QED) is 0.537. The predicted octanol–water partition coefficient (Wildman–Crippen LogP) is 1.32. The molecule has 0 saturated carbocycles. The molecule has 0 saturated heterocycles. The molecule has 1 rings (SSSR count). The van der Waals surface area contributed by atoms with E-state index in [2.05, 4.69) is 25.9 Å². The topological polar surface area (TPSA) is 103 Å². The van der Waals surface area contributed by atoms with Crippen molar-refractivity contribution < 1.29 is 0 Å². The molecule has 0 bridgehead atoms. The highest BCUT2D eigenvalue weighted by molar-refractivity contribution is 9.10. The molecule has 0 aliphatic heterocycles. The summed E-state index contributed by atoms with van der Waals surface area (Å²) in [5, 5.41) is 0.598. The first kappa shape index (κ1) is 11.8. The molecule has 5 nitrogen and oxygen atoms in total. The summed E-state index contributed by atoms with van der Waals surface area (Å²) in [5.41, 5.74) is 16.3. The van der Waals surface area contributed by atoms with Crippen molar-refractivity contribution in [1.82, 2.24) is 0 Å². The number of hydrogen-bond acceptors (Lipinski definition) is 1. The Kier molecular flexibility index (Phi) is 3.93. The average Bonchev–Trinajstić information content (AvgIpc) is 2.08. The van der Waals surface area contributed by atoms with Gasteiger partial charge in [-0.05, 0) is 34.1 Å². The summed E-state index contributed by atoms with van der Waals surface area (Å²) in [5.74, 6) is -0.153. The van der Waals surface area contributed by atoms with Crippen molar-refractivity contribution in [3.63, 3.8) is 0 Å². The molecule has 0 atom stereocenters. The number of hydrogen-bond donors (Lipinski definition) is 3. The van der Waals surface area contributed by atoms with E-state index < -0.39 is 0 Å². The zero-order valence-electron chi connectivity index (χ0n) is 7.61. The van der Waals surface area contributed by atoms with Crippen LogP contribution in [0.15, 0.2) is 32.7 Å². The van der Waals surface area contributed by atoms with Crippen molar-refractivity contribution in [3.05, 3.63) is 27.7 Å². The molecule has 7 heteroatoms. The molecule has 0 amide bonds. The first-order valence-corrected chi connectivity index (χ1v) is 5.05. The molecule has 15 heavy (non-hydrogen) atoms. The maximum absolute atomic E-state index is 5.76. The van der Waals surface area contributed by atoms with Crippen LogP contribution in [0.5, 0.6) is 0 Å². The highest BCUT2D eigenvalue weighted by atomic mass is 79.9. The smallest absolute Gasteiger partial charge is 0.223 e. The molecule has 0 unspecified atom stereocenters. The monoisotopic (exact) mass is 289 g/mol. The van der Waals surface area contributed by atoms with Gasteiger partial charge in [0, 0.05) is 9.50 Å². The van der Waals surface area contributed by atoms with Gasteiger partial charge in [-0.1, -0.05) is 11.6 Å². The molecule has 0 aromatic heterocycles. The molecule has 1 aromatic carbocycles. The van der Waals surface area contributed by atoms with Crippen LogP contribution in [0, 0.1) is 0 Å². The lowest BCUT2D eigenvalue weighted by atomic mass is 10.3. The second kappa shape index (κ2) is 4.99. The summed E-state index contributed by atoms with van der Waals surface area (Å²) < 4.78 is 0.712. The predicted molar refractivity (Wildman–Crippen MR) is 66.2 cm³/mol. The molecule has 0 heterocycles. The van der Waals surface area contributed by atoms with Gasteiger partial charge in [0.1, 0.15) is 0 Å². The fraction of sp³-hybridized carbons (Fsp3) is 0. The lowest BCUT2D eigenvalue weighted by Gasteiger charge is -1.99. The van der Waals surface area contributed by atoms with Crippen LogP contribution in [0.3, 0.4) is 0 Å². The molecule has 80 valence electrons. The van der Waals surface area contributed by atoms with Gasteiger partial charge in [0.05, 0.1) is 5.69 Å². The Bertz CT molecular complexity index is 425. The van der Waals surface area contributed by atoms with Crippen molar-refractivity contribution in [1.29, 1.82) is 0 Å². The summed E-state index contributed by atoms with van der Waals surface area (Å²) >= 11 is 9.04. The number of nitrogens with zero attached hydrogens (tertiary/aromatic N) is 2. The van der Waals surface area contributed by atoms with Crippen molar-refractivity contribution in [2.45, 2.75) is 0 Å². The van der Waals surface area contributed by atoms with Crippen LogP contribution >= 0.6 is 27.5 Å². The molecule has 0 aliphatic carbocycles. The maximum Gasteiger partial charge on any atom is 0.223 e. The number of rotatable bonds is 1. The fourth-order valence-electron chi connectivity index (χ4n) is 0.853. The number of benzene rings is 1. The molecule has 0 fully saturated rings. The van der Waals surface area contributed by atoms with E-state index in [1.807, 2.05) is 0 Å². The Labute approximate surface area is 100 Å². The maximum atomic E-state index is 5.76. The Morgan fingerprint density at radius 3 is 2.47 bits per heavy atom. The number of guanidine groups is 2. The van der Waals surface area contributed by atoms with Crippen LogP contribution < -0.4 is 17.2 Å². The zero-order chi connectivity index (χ0) is 11.4. The molecule has 0 radical (unpaired) electrons. The van der Waals surface area contributed by atoms with Crippen LogP contribution in [-0.4, -0.2) is 11.9 Å². The van der Waals surface area contributed by atoms with E-state index in [0.29, 0.717) is 15.2 Å². The van der Waals surface area contributed by atoms with Gasteiger partial charge in [-0.2, -0.15) is 4.99 Å². The molecular formula is C8H9BrClN5. The first-order valence-electron chi connectivity index (χ1n) is 3.88. The van der Waals surface area contributed by atoms with Gasteiger partial charge in [0.25, 0.3) is 0 Å². The standard InChI is InChI=1S/C8H9BrClN5/c9-5-3-4(10)1-2-6(5)14-8(13)15-7(11)12/h1-3H,(H6,11,12,13,14,15). The van der Waals surface area contributed by atoms with Crippen LogP contribution in [-0.2, 0) is 0 Å². The average molecular weight is 291 g/mol. The summed E-state index contributed by atoms with van der Waals surface area (Å²) in [6.07, 6.45) is 0. The lowest BCUT2D eigenvalue weighted by molar-refractivity contribution is 1.37. The van der Waals surface area contributed by atoms with Gasteiger partial charge in [0.2, 0.25) is 5.96 Å². The van der Waals surface area contributed by atoms with E-state index >= 15 is 0 Å². The zero-order valence-corrected chi connectivity index (χ0v) is 9.96. The second-order valence-electron chi connectivity index (χ2n) is 2.60. The minimum Gasteiger partial charge on any atom is -0.370 e. The number of aliphatic imine (C=N–C) groups is 2. The molecular weight excluding hydrogens is 281 g/mol. The highest BCUT2D eigenvalue weighted by Gasteiger charge is 1.99. The van der Waals surface area contributed by atoms with Crippen LogP contribution in [0.2, 0.25) is 5.02 Å². The van der Waals surface area contributed by atoms with E-state index in [1.54, 1.807) is 18.2 Å². The Morgan fingerprint density at radius 1 is 1.27 bits per heavy atom. The van der Waals surface area contributed by atoms with E-state index in [4.69, 9.17) is 28.8 Å². The lowest BCUT2D eigenvalue weighted by Crippen LogP contribution is -2.26. The summed E-state index contributed by atoms with van der Waals surface area (Å²) in [6, 6.07) is 5.08. The van der Waals surface area contributed by atoms with Crippen molar-refractivity contribution in [3.8, 4) is 0 Å². The van der Waals surface area contributed by atoms with Gasteiger partial charge in [-0.15, -0.1) is 0 Å². The van der Waals surface area contributed by atoms with Gasteiger partial charge in [-0.3, -0.25) is 0 Å². The molecule has 0 aliphatic rings. The van der Waals surface area contributed by atoms with E-state index in [1.165, 1.54) is 0 Å². The minimum atomic E-state index is -0.138. The second-order valence-corrected chi connectivity index (χ2v) is 3.89. The largest absolute Gasteiger partial charge is 0.370 e. The van der Waals surface area contributed by atoms with E-state index in [-0.39, 0.29) is 11.9 Å². The first-order chi connectivity index (χ1) is 6.99. The van der Waals surface area contributed by atoms with E-state index in [9.17, 15) is 0 Å². The fourth-order valence-corrected chi connectivity index (χ4v) is 1.62. The van der Waals surface area contributed by atoms with Gasteiger partial charge < -0.3 is 17.2 Å². The van der Waals surface area contributed by atoms with Crippen LogP contribution in [0.25, 0.3) is 0 Å². The Hall–Kier alpha value is -1.27. The third kappa shape index (κ3) is 3.77. The van der Waals surface area contributed by atoms with Gasteiger partial charge in [-0.25, -0.2) is 4.99 Å². The third-order valence-electron chi connectivity index (χ3n) is 1.39. The summed E-state index contributed by atoms with van der Waals surface area (Å²) in [6.45, 7) is 0. The van der Waals surface area contributed by atoms with Crippen molar-refractivity contribution in [2.24, 2.45) is 27.2 Å². The molecule has 1 aromatic rings. The van der Waals surface area contributed by atoms with Crippen molar-refractivity contribution in [2.75, 3.05) is 0 Å². The third-order valence-corrected chi connectivity index (χ3v) is 2.26. The summed E-state index contributed by atoms with van der Waals surface area (Å²) in [4.78, 5) is 7.56. The highest BCUT2D eigenvalue weighted by Crippen LogP contribution is 2.28. The molecule has 6 N–H and O–H groups in total. The van der Waals surface area contributed by atoms with Crippen LogP contribution in [0.1, 0.15) is 0 Å². The minimum absolute atomic E-state index is 0.0157. The van der Waals surface area contributed by atoms with Crippen LogP contribution in [0.4, 0.5) is 5.69 Å². The SMILES string of the molecule is NC(N)=NC(N)=Nc1ccc(Cl)cc1Br.